The fourth-order valence-corrected chi connectivity index (χ4v) is 2.31. The summed E-state index contributed by atoms with van der Waals surface area (Å²) in [6, 6.07) is 0.299. The summed E-state index contributed by atoms with van der Waals surface area (Å²) >= 11 is 0. The predicted molar refractivity (Wildman–Crippen MR) is 54.3 cm³/mol. The van der Waals surface area contributed by atoms with Gasteiger partial charge in [-0.25, -0.2) is 0 Å². The fraction of sp³-hybridized carbons (Fsp3) is 1.00. The molecule has 0 radical (unpaired) electrons. The first-order valence-electron chi connectivity index (χ1n) is 5.55. The molecule has 0 saturated carbocycles. The molecule has 3 unspecified atom stereocenters. The van der Waals surface area contributed by atoms with Crippen LogP contribution < -0.4 is 5.32 Å². The van der Waals surface area contributed by atoms with Gasteiger partial charge in [0.2, 0.25) is 0 Å². The maximum absolute atomic E-state index is 9.76. The van der Waals surface area contributed by atoms with Gasteiger partial charge in [0.1, 0.15) is 0 Å². The lowest BCUT2D eigenvalue weighted by Gasteiger charge is -2.37. The van der Waals surface area contributed by atoms with E-state index >= 15 is 0 Å². The van der Waals surface area contributed by atoms with Crippen molar-refractivity contribution in [2.75, 3.05) is 32.8 Å². The number of rotatable bonds is 2. The zero-order valence-corrected chi connectivity index (χ0v) is 8.78. The average Bonchev–Trinajstić information content (AvgIpc) is 2.65. The number of hydrogen-bond donors (Lipinski definition) is 2. The molecule has 0 bridgehead atoms. The van der Waals surface area contributed by atoms with E-state index in [1.165, 1.54) is 0 Å². The zero-order valence-electron chi connectivity index (χ0n) is 8.78. The van der Waals surface area contributed by atoms with E-state index in [9.17, 15) is 5.11 Å². The van der Waals surface area contributed by atoms with Gasteiger partial charge >= 0.3 is 0 Å². The van der Waals surface area contributed by atoms with Crippen molar-refractivity contribution in [2.24, 2.45) is 0 Å². The van der Waals surface area contributed by atoms with Crippen LogP contribution in [0.15, 0.2) is 0 Å². The Hall–Kier alpha value is -0.160. The van der Waals surface area contributed by atoms with Crippen LogP contribution >= 0.6 is 0 Å². The highest BCUT2D eigenvalue weighted by molar-refractivity contribution is 4.90. The first kappa shape index (κ1) is 10.4. The van der Waals surface area contributed by atoms with Crippen LogP contribution in [0.4, 0.5) is 0 Å². The summed E-state index contributed by atoms with van der Waals surface area (Å²) in [6.45, 7) is 6.54. The minimum Gasteiger partial charge on any atom is -0.390 e. The number of morpholine rings is 1. The lowest BCUT2D eigenvalue weighted by atomic mass is 10.1. The van der Waals surface area contributed by atoms with E-state index in [0.29, 0.717) is 12.1 Å². The summed E-state index contributed by atoms with van der Waals surface area (Å²) in [4.78, 5) is 2.36. The highest BCUT2D eigenvalue weighted by Crippen LogP contribution is 2.15. The van der Waals surface area contributed by atoms with Crippen LogP contribution in [-0.4, -0.2) is 61.0 Å². The summed E-state index contributed by atoms with van der Waals surface area (Å²) in [5.41, 5.74) is 0. The summed E-state index contributed by atoms with van der Waals surface area (Å²) < 4.78 is 5.61. The maximum Gasteiger partial charge on any atom is 0.0831 e. The summed E-state index contributed by atoms with van der Waals surface area (Å²) in [6.07, 6.45) is 1.22. The summed E-state index contributed by atoms with van der Waals surface area (Å²) in [5, 5.41) is 13.0. The van der Waals surface area contributed by atoms with Gasteiger partial charge in [0, 0.05) is 32.2 Å². The molecule has 82 valence electrons. The molecule has 2 rings (SSSR count). The van der Waals surface area contributed by atoms with Crippen LogP contribution in [-0.2, 0) is 4.74 Å². The minimum absolute atomic E-state index is 0.203. The van der Waals surface area contributed by atoms with Crippen molar-refractivity contribution in [3.05, 3.63) is 0 Å². The second-order valence-corrected chi connectivity index (χ2v) is 4.19. The zero-order chi connectivity index (χ0) is 9.97. The number of hydrogen-bond acceptors (Lipinski definition) is 4. The Bertz CT molecular complexity index is 189. The Kier molecular flexibility index (Phi) is 3.38. The Morgan fingerprint density at radius 3 is 3.00 bits per heavy atom. The molecule has 2 heterocycles. The van der Waals surface area contributed by atoms with E-state index in [-0.39, 0.29) is 6.10 Å². The van der Waals surface area contributed by atoms with Crippen LogP contribution in [0, 0.1) is 0 Å². The molecule has 2 aliphatic rings. The van der Waals surface area contributed by atoms with E-state index < -0.39 is 0 Å². The van der Waals surface area contributed by atoms with Gasteiger partial charge in [-0.05, 0) is 6.42 Å². The molecule has 2 N–H and O–H groups in total. The monoisotopic (exact) mass is 200 g/mol. The van der Waals surface area contributed by atoms with Crippen LogP contribution in [0.1, 0.15) is 13.3 Å². The number of nitrogens with one attached hydrogen (secondary N) is 1. The molecule has 0 aromatic rings. The van der Waals surface area contributed by atoms with Crippen LogP contribution in [0.2, 0.25) is 0 Å². The highest BCUT2D eigenvalue weighted by Gasteiger charge is 2.33. The third-order valence-corrected chi connectivity index (χ3v) is 3.25. The second kappa shape index (κ2) is 4.57. The Morgan fingerprint density at radius 2 is 2.36 bits per heavy atom. The molecule has 4 nitrogen and oxygen atoms in total. The van der Waals surface area contributed by atoms with Crippen LogP contribution in [0.5, 0.6) is 0 Å². The standard InChI is InChI=1S/C10H20N2O2/c1-2-8-7-12(3-4-14-8)9-5-11-6-10(9)13/h8-11,13H,2-7H2,1H3. The smallest absolute Gasteiger partial charge is 0.0831 e. The topological polar surface area (TPSA) is 44.7 Å². The van der Waals surface area contributed by atoms with E-state index in [4.69, 9.17) is 4.74 Å². The van der Waals surface area contributed by atoms with Crippen molar-refractivity contribution in [3.63, 3.8) is 0 Å². The van der Waals surface area contributed by atoms with Crippen molar-refractivity contribution in [3.8, 4) is 0 Å². The maximum atomic E-state index is 9.76. The van der Waals surface area contributed by atoms with Crippen molar-refractivity contribution >= 4 is 0 Å². The highest BCUT2D eigenvalue weighted by atomic mass is 16.5. The molecule has 0 amide bonds. The van der Waals surface area contributed by atoms with Gasteiger partial charge in [0.15, 0.2) is 0 Å². The molecule has 0 aromatic carbocycles. The lowest BCUT2D eigenvalue weighted by Crippen LogP contribution is -2.51. The predicted octanol–water partition coefficient (Wildman–Crippen LogP) is -0.570. The Morgan fingerprint density at radius 1 is 1.50 bits per heavy atom. The van der Waals surface area contributed by atoms with E-state index in [2.05, 4.69) is 17.1 Å². The number of aliphatic hydroxyl groups is 1. The van der Waals surface area contributed by atoms with Gasteiger partial charge in [-0.1, -0.05) is 6.92 Å². The minimum atomic E-state index is -0.203. The first-order valence-corrected chi connectivity index (χ1v) is 5.55. The number of nitrogens with zero attached hydrogens (tertiary/aromatic N) is 1. The first-order chi connectivity index (χ1) is 6.81. The number of aliphatic hydroxyl groups excluding tert-OH is 1. The summed E-state index contributed by atoms with van der Waals surface area (Å²) in [7, 11) is 0. The van der Waals surface area contributed by atoms with E-state index in [1.807, 2.05) is 0 Å². The molecule has 0 aromatic heterocycles. The molecule has 2 fully saturated rings. The lowest BCUT2D eigenvalue weighted by molar-refractivity contribution is -0.0561. The molecule has 2 saturated heterocycles. The molecule has 2 aliphatic heterocycles. The molecule has 0 spiro atoms. The van der Waals surface area contributed by atoms with Gasteiger partial charge < -0.3 is 15.2 Å². The molecule has 14 heavy (non-hydrogen) atoms. The van der Waals surface area contributed by atoms with Crippen molar-refractivity contribution in [1.29, 1.82) is 0 Å². The molecular weight excluding hydrogens is 180 g/mol. The summed E-state index contributed by atoms with van der Waals surface area (Å²) in [5.74, 6) is 0. The third kappa shape index (κ3) is 2.08. The van der Waals surface area contributed by atoms with Crippen LogP contribution in [0.3, 0.4) is 0 Å². The largest absolute Gasteiger partial charge is 0.390 e. The fourth-order valence-electron chi connectivity index (χ4n) is 2.31. The average molecular weight is 200 g/mol. The number of ether oxygens (including phenoxy) is 1. The molecule has 0 aliphatic carbocycles. The van der Waals surface area contributed by atoms with Crippen molar-refractivity contribution < 1.29 is 9.84 Å². The van der Waals surface area contributed by atoms with Crippen molar-refractivity contribution in [2.45, 2.75) is 31.6 Å². The van der Waals surface area contributed by atoms with Gasteiger partial charge in [-0.2, -0.15) is 0 Å². The van der Waals surface area contributed by atoms with Gasteiger partial charge in [-0.3, -0.25) is 4.90 Å². The Balaban J connectivity index is 1.90. The van der Waals surface area contributed by atoms with Crippen LogP contribution in [0.25, 0.3) is 0 Å². The van der Waals surface area contributed by atoms with Gasteiger partial charge in [0.25, 0.3) is 0 Å². The molecule has 4 heteroatoms. The second-order valence-electron chi connectivity index (χ2n) is 4.19. The SMILES string of the molecule is CCC1CN(C2CNCC2O)CCO1. The Labute approximate surface area is 85.2 Å². The van der Waals surface area contributed by atoms with Gasteiger partial charge in [-0.15, -0.1) is 0 Å². The molecular formula is C10H20N2O2. The molecule has 3 atom stereocenters. The number of β-amino-alcohol motifs (C(OH)–C–C–N with tert-alkyl or cyclic N) is 1. The third-order valence-electron chi connectivity index (χ3n) is 3.25. The quantitative estimate of drug-likeness (QED) is 0.626. The normalized spacial score (nSPS) is 40.3. The van der Waals surface area contributed by atoms with Gasteiger partial charge in [0.05, 0.1) is 18.8 Å². The van der Waals surface area contributed by atoms with E-state index in [0.717, 1.165) is 39.2 Å². The van der Waals surface area contributed by atoms with E-state index in [1.54, 1.807) is 0 Å². The van der Waals surface area contributed by atoms with Crippen molar-refractivity contribution in [1.82, 2.24) is 10.2 Å².